The van der Waals surface area contributed by atoms with Crippen LogP contribution in [0.1, 0.15) is 0 Å². The average molecular weight is 141 g/mol. The zero-order valence-electron chi connectivity index (χ0n) is 5.19. The molecule has 0 spiro atoms. The molecule has 0 saturated carbocycles. The first kappa shape index (κ1) is 7.04. The van der Waals surface area contributed by atoms with Crippen molar-refractivity contribution in [3.8, 4) is 0 Å². The van der Waals surface area contributed by atoms with Gasteiger partial charge in [-0.25, -0.2) is 0 Å². The minimum atomic E-state index is -1.41. The van der Waals surface area contributed by atoms with Crippen LogP contribution < -0.4 is 5.73 Å². The quantitative estimate of drug-likeness (QED) is 0.526. The summed E-state index contributed by atoms with van der Waals surface area (Å²) in [5.41, 5.74) is 3.95. The predicted octanol–water partition coefficient (Wildman–Crippen LogP) is -0.818. The summed E-state index contributed by atoms with van der Waals surface area (Å²) < 4.78 is 0. The van der Waals surface area contributed by atoms with E-state index >= 15 is 0 Å². The second-order valence-corrected chi connectivity index (χ2v) is 1.94. The van der Waals surface area contributed by atoms with Gasteiger partial charge in [0.15, 0.2) is 0 Å². The first-order chi connectivity index (χ1) is 4.69. The van der Waals surface area contributed by atoms with Crippen LogP contribution in [0.5, 0.6) is 0 Å². The summed E-state index contributed by atoms with van der Waals surface area (Å²) in [7, 11) is 0. The number of nitrogens with zero attached hydrogens (tertiary/aromatic N) is 2. The molecule has 0 amide bonds. The third-order valence-corrected chi connectivity index (χ3v) is 1.21. The Balaban J connectivity index is 2.79. The van der Waals surface area contributed by atoms with Crippen LogP contribution in [0.4, 0.5) is 0 Å². The van der Waals surface area contributed by atoms with Gasteiger partial charge in [0, 0.05) is 6.20 Å². The number of aliphatic hydroxyl groups is 1. The van der Waals surface area contributed by atoms with Crippen molar-refractivity contribution >= 4 is 5.78 Å². The fraction of sp³-hybridized carbons (Fsp3) is 0.400. The summed E-state index contributed by atoms with van der Waals surface area (Å²) in [6.07, 6.45) is 2.67. The van der Waals surface area contributed by atoms with Gasteiger partial charge >= 0.3 is 0 Å². The predicted molar refractivity (Wildman–Crippen MR) is 33.0 cm³/mol. The lowest BCUT2D eigenvalue weighted by atomic mass is 10.1. The number of rotatable bonds is 2. The molecule has 54 valence electrons. The molecule has 1 rings (SSSR count). The summed E-state index contributed by atoms with van der Waals surface area (Å²) in [5, 5.41) is 15.2. The molecule has 0 aromatic rings. The molecule has 1 unspecified atom stereocenters. The summed E-state index contributed by atoms with van der Waals surface area (Å²) in [5.74, 6) is -0.551. The first-order valence-corrected chi connectivity index (χ1v) is 2.72. The van der Waals surface area contributed by atoms with Crippen LogP contribution in [-0.4, -0.2) is 23.2 Å². The topological polar surface area (TPSA) is 88.0 Å². The lowest BCUT2D eigenvalue weighted by molar-refractivity contribution is -0.125. The summed E-state index contributed by atoms with van der Waals surface area (Å²) in [4.78, 5) is 10.8. The van der Waals surface area contributed by atoms with E-state index in [1.807, 2.05) is 0 Å². The third-order valence-electron chi connectivity index (χ3n) is 1.21. The van der Waals surface area contributed by atoms with E-state index in [0.29, 0.717) is 0 Å². The number of nitrogens with two attached hydrogens (primary N) is 1. The van der Waals surface area contributed by atoms with E-state index in [4.69, 9.17) is 10.8 Å². The van der Waals surface area contributed by atoms with Crippen molar-refractivity contribution in [3.05, 3.63) is 12.3 Å². The fourth-order valence-electron chi connectivity index (χ4n) is 0.585. The van der Waals surface area contributed by atoms with Crippen molar-refractivity contribution in [2.24, 2.45) is 16.0 Å². The summed E-state index contributed by atoms with van der Waals surface area (Å²) in [6, 6.07) is 0. The zero-order chi connectivity index (χ0) is 7.61. The first-order valence-electron chi connectivity index (χ1n) is 2.72. The molecule has 0 radical (unpaired) electrons. The number of hydrogen-bond acceptors (Lipinski definition) is 5. The van der Waals surface area contributed by atoms with Crippen molar-refractivity contribution in [3.63, 3.8) is 0 Å². The lowest BCUT2D eigenvalue weighted by Gasteiger charge is -2.11. The molecule has 3 N–H and O–H groups in total. The molecular formula is C5H7N3O2. The molecule has 5 nitrogen and oxygen atoms in total. The van der Waals surface area contributed by atoms with Crippen molar-refractivity contribution in [1.82, 2.24) is 0 Å². The minimum absolute atomic E-state index is 0.551. The Morgan fingerprint density at radius 1 is 1.80 bits per heavy atom. The van der Waals surface area contributed by atoms with Gasteiger partial charge in [-0.2, -0.15) is 10.2 Å². The highest BCUT2D eigenvalue weighted by Gasteiger charge is 2.32. The van der Waals surface area contributed by atoms with Crippen molar-refractivity contribution in [2.75, 3.05) is 6.61 Å². The van der Waals surface area contributed by atoms with Crippen LogP contribution in [0, 0.1) is 0 Å². The summed E-state index contributed by atoms with van der Waals surface area (Å²) >= 11 is 0. The maximum absolute atomic E-state index is 10.8. The Morgan fingerprint density at radius 2 is 2.50 bits per heavy atom. The third kappa shape index (κ3) is 0.960. The molecule has 0 aromatic heterocycles. The number of ketones is 1. The standard InChI is InChI=1S/C5H7N3O2/c6-5(4(10)3-9)1-2-7-8-5/h1-2,9H,3,6H2. The molecule has 0 saturated heterocycles. The zero-order valence-corrected chi connectivity index (χ0v) is 5.19. The normalized spacial score (nSPS) is 29.4. The number of carbonyl (C=O) groups is 1. The van der Waals surface area contributed by atoms with Gasteiger partial charge in [0.05, 0.1) is 0 Å². The highest BCUT2D eigenvalue weighted by Crippen LogP contribution is 2.13. The molecule has 1 aliphatic heterocycles. The maximum atomic E-state index is 10.8. The Labute approximate surface area is 57.2 Å². The second kappa shape index (κ2) is 2.28. The monoisotopic (exact) mass is 141 g/mol. The Bertz CT molecular complexity index is 197. The number of azo groups is 1. The molecular weight excluding hydrogens is 134 g/mol. The molecule has 10 heavy (non-hydrogen) atoms. The summed E-state index contributed by atoms with van der Waals surface area (Å²) in [6.45, 7) is -0.611. The largest absolute Gasteiger partial charge is 0.388 e. The van der Waals surface area contributed by atoms with Gasteiger partial charge in [-0.05, 0) is 6.08 Å². The SMILES string of the molecule is NC1(C(=O)CO)C=CN=N1. The fourth-order valence-corrected chi connectivity index (χ4v) is 0.585. The molecule has 5 heteroatoms. The van der Waals surface area contributed by atoms with Gasteiger partial charge in [0.1, 0.15) is 6.61 Å². The van der Waals surface area contributed by atoms with E-state index in [1.165, 1.54) is 12.3 Å². The van der Waals surface area contributed by atoms with Crippen LogP contribution in [0.25, 0.3) is 0 Å². The van der Waals surface area contributed by atoms with E-state index in [0.717, 1.165) is 0 Å². The number of hydrogen-bond donors (Lipinski definition) is 2. The van der Waals surface area contributed by atoms with Crippen LogP contribution in [0.15, 0.2) is 22.5 Å². The van der Waals surface area contributed by atoms with Crippen molar-refractivity contribution in [2.45, 2.75) is 5.66 Å². The maximum Gasteiger partial charge on any atom is 0.211 e. The van der Waals surface area contributed by atoms with E-state index in [9.17, 15) is 4.79 Å². The highest BCUT2D eigenvalue weighted by molar-refractivity contribution is 5.91. The number of carbonyl (C=O) groups excluding carboxylic acids is 1. The van der Waals surface area contributed by atoms with E-state index in [1.54, 1.807) is 0 Å². The van der Waals surface area contributed by atoms with E-state index in [-0.39, 0.29) is 0 Å². The van der Waals surface area contributed by atoms with Crippen molar-refractivity contribution in [1.29, 1.82) is 0 Å². The Morgan fingerprint density at radius 3 is 2.90 bits per heavy atom. The Kier molecular flexibility index (Phi) is 1.60. The van der Waals surface area contributed by atoms with Gasteiger partial charge in [0.25, 0.3) is 0 Å². The average Bonchev–Trinajstić information content (AvgIpc) is 2.36. The molecule has 0 bridgehead atoms. The number of aliphatic hydroxyl groups excluding tert-OH is 1. The Hall–Kier alpha value is -1.07. The van der Waals surface area contributed by atoms with Crippen LogP contribution >= 0.6 is 0 Å². The molecule has 1 atom stereocenters. The van der Waals surface area contributed by atoms with Gasteiger partial charge in [-0.3, -0.25) is 10.5 Å². The number of Topliss-reactive ketones (excluding diaryl/α,β-unsaturated/α-hetero) is 1. The van der Waals surface area contributed by atoms with Crippen LogP contribution in [0.3, 0.4) is 0 Å². The molecule has 1 aliphatic rings. The minimum Gasteiger partial charge on any atom is -0.388 e. The second-order valence-electron chi connectivity index (χ2n) is 1.94. The van der Waals surface area contributed by atoms with E-state index < -0.39 is 18.1 Å². The molecule has 0 fully saturated rings. The van der Waals surface area contributed by atoms with Gasteiger partial charge in [-0.1, -0.05) is 0 Å². The van der Waals surface area contributed by atoms with Gasteiger partial charge in [-0.15, -0.1) is 0 Å². The molecule has 0 aliphatic carbocycles. The highest BCUT2D eigenvalue weighted by atomic mass is 16.3. The smallest absolute Gasteiger partial charge is 0.211 e. The van der Waals surface area contributed by atoms with Gasteiger partial charge < -0.3 is 5.11 Å². The van der Waals surface area contributed by atoms with E-state index in [2.05, 4.69) is 10.2 Å². The van der Waals surface area contributed by atoms with Crippen LogP contribution in [-0.2, 0) is 4.79 Å². The lowest BCUT2D eigenvalue weighted by Crippen LogP contribution is -2.44. The molecule has 0 aromatic carbocycles. The van der Waals surface area contributed by atoms with Crippen molar-refractivity contribution < 1.29 is 9.90 Å². The van der Waals surface area contributed by atoms with Crippen LogP contribution in [0.2, 0.25) is 0 Å². The van der Waals surface area contributed by atoms with Gasteiger partial charge in [0.2, 0.25) is 11.4 Å². The molecule has 1 heterocycles.